The highest BCUT2D eigenvalue weighted by molar-refractivity contribution is 6.06. The zero-order valence-electron chi connectivity index (χ0n) is 12.3. The van der Waals surface area contributed by atoms with Gasteiger partial charge in [-0.2, -0.15) is 0 Å². The molecular weight excluding hydrogens is 278 g/mol. The molecule has 0 spiro atoms. The van der Waals surface area contributed by atoms with E-state index in [1.807, 2.05) is 30.3 Å². The van der Waals surface area contributed by atoms with Crippen molar-refractivity contribution in [3.8, 4) is 0 Å². The van der Waals surface area contributed by atoms with E-state index in [4.69, 9.17) is 0 Å². The number of carbonyl (C=O) groups excluding carboxylic acids is 2. The van der Waals surface area contributed by atoms with Crippen LogP contribution in [0.3, 0.4) is 0 Å². The van der Waals surface area contributed by atoms with E-state index in [0.29, 0.717) is 6.42 Å². The molecule has 1 aromatic rings. The maximum Gasteiger partial charge on any atom is 0.234 e. The summed E-state index contributed by atoms with van der Waals surface area (Å²) in [6, 6.07) is 9.25. The van der Waals surface area contributed by atoms with Crippen LogP contribution in [0.4, 0.5) is 0 Å². The van der Waals surface area contributed by atoms with Crippen LogP contribution in [0, 0.1) is 23.7 Å². The number of aliphatic hydroxyl groups excluding tert-OH is 1. The van der Waals surface area contributed by atoms with Gasteiger partial charge in [0.25, 0.3) is 0 Å². The minimum absolute atomic E-state index is 0.0816. The average Bonchev–Trinajstić information content (AvgIpc) is 3.21. The van der Waals surface area contributed by atoms with Gasteiger partial charge in [0, 0.05) is 0 Å². The van der Waals surface area contributed by atoms with Crippen molar-refractivity contribution in [2.24, 2.45) is 23.7 Å². The largest absolute Gasteiger partial charge is 0.394 e. The molecule has 2 amide bonds. The van der Waals surface area contributed by atoms with E-state index in [9.17, 15) is 14.7 Å². The van der Waals surface area contributed by atoms with Gasteiger partial charge in [-0.1, -0.05) is 42.5 Å². The molecule has 1 aliphatic heterocycles. The molecule has 22 heavy (non-hydrogen) atoms. The highest BCUT2D eigenvalue weighted by Gasteiger charge is 2.60. The van der Waals surface area contributed by atoms with Crippen molar-refractivity contribution in [2.75, 3.05) is 6.61 Å². The van der Waals surface area contributed by atoms with E-state index >= 15 is 0 Å². The number of carbonyl (C=O) groups is 2. The summed E-state index contributed by atoms with van der Waals surface area (Å²) >= 11 is 0. The topological polar surface area (TPSA) is 57.6 Å². The summed E-state index contributed by atoms with van der Waals surface area (Å²) in [5, 5.41) is 9.73. The lowest BCUT2D eigenvalue weighted by atomic mass is 9.85. The quantitative estimate of drug-likeness (QED) is 0.675. The molecule has 5 atom stereocenters. The Morgan fingerprint density at radius 2 is 1.64 bits per heavy atom. The van der Waals surface area contributed by atoms with Crippen LogP contribution in [0.5, 0.6) is 0 Å². The number of allylic oxidation sites excluding steroid dienone is 2. The third-order valence-electron chi connectivity index (χ3n) is 5.39. The van der Waals surface area contributed by atoms with Gasteiger partial charge in [-0.25, -0.2) is 0 Å². The number of nitrogens with zero attached hydrogens (tertiary/aromatic N) is 1. The van der Waals surface area contributed by atoms with Crippen molar-refractivity contribution in [1.29, 1.82) is 0 Å². The minimum atomic E-state index is -0.451. The van der Waals surface area contributed by atoms with Crippen LogP contribution >= 0.6 is 0 Å². The van der Waals surface area contributed by atoms with Crippen LogP contribution in [0.1, 0.15) is 12.0 Å². The molecule has 1 aromatic carbocycles. The molecule has 4 rings (SSSR count). The first-order valence-electron chi connectivity index (χ1n) is 7.90. The fourth-order valence-electron chi connectivity index (χ4n) is 4.41. The maximum atomic E-state index is 12.7. The first kappa shape index (κ1) is 13.7. The second kappa shape index (κ2) is 5.06. The fraction of sp³-hybridized carbons (Fsp3) is 0.444. The van der Waals surface area contributed by atoms with Crippen LogP contribution in [0.2, 0.25) is 0 Å². The maximum absolute atomic E-state index is 12.7. The highest BCUT2D eigenvalue weighted by atomic mass is 16.3. The van der Waals surface area contributed by atoms with Gasteiger partial charge in [0.15, 0.2) is 0 Å². The Morgan fingerprint density at radius 1 is 1.05 bits per heavy atom. The van der Waals surface area contributed by atoms with E-state index in [1.54, 1.807) is 0 Å². The number of likely N-dealkylation sites (tertiary alicyclic amines) is 1. The Labute approximate surface area is 129 Å². The standard InChI is InChI=1S/C18H19NO3/c20-10-14(8-11-4-2-1-3-5-11)19-17(21)15-12-6-7-13(9-12)16(15)18(19)22/h1-7,12-16,20H,8-10H2. The molecule has 2 fully saturated rings. The summed E-state index contributed by atoms with van der Waals surface area (Å²) < 4.78 is 0. The van der Waals surface area contributed by atoms with Crippen LogP contribution in [0.25, 0.3) is 0 Å². The van der Waals surface area contributed by atoms with Crippen LogP contribution in [-0.2, 0) is 16.0 Å². The number of rotatable bonds is 4. The van der Waals surface area contributed by atoms with Crippen LogP contribution < -0.4 is 0 Å². The molecule has 0 aromatic heterocycles. The predicted molar refractivity (Wildman–Crippen MR) is 80.6 cm³/mol. The van der Waals surface area contributed by atoms with E-state index in [-0.39, 0.29) is 42.1 Å². The Kier molecular flexibility index (Phi) is 3.15. The summed E-state index contributed by atoms with van der Waals surface area (Å²) in [5.41, 5.74) is 1.03. The molecule has 1 saturated heterocycles. The molecule has 2 aliphatic carbocycles. The Hall–Kier alpha value is -1.94. The summed E-state index contributed by atoms with van der Waals surface area (Å²) in [7, 11) is 0. The zero-order valence-corrected chi connectivity index (χ0v) is 12.3. The highest BCUT2D eigenvalue weighted by Crippen LogP contribution is 2.52. The normalized spacial score (nSPS) is 33.6. The van der Waals surface area contributed by atoms with Crippen molar-refractivity contribution in [2.45, 2.75) is 18.9 Å². The average molecular weight is 297 g/mol. The molecule has 0 radical (unpaired) electrons. The van der Waals surface area contributed by atoms with Gasteiger partial charge >= 0.3 is 0 Å². The van der Waals surface area contributed by atoms with E-state index < -0.39 is 6.04 Å². The Morgan fingerprint density at radius 3 is 2.18 bits per heavy atom. The lowest BCUT2D eigenvalue weighted by Crippen LogP contribution is -2.45. The molecule has 4 heteroatoms. The van der Waals surface area contributed by atoms with Crippen molar-refractivity contribution < 1.29 is 14.7 Å². The van der Waals surface area contributed by atoms with Gasteiger partial charge in [0.05, 0.1) is 24.5 Å². The van der Waals surface area contributed by atoms with Gasteiger partial charge in [-0.15, -0.1) is 0 Å². The van der Waals surface area contributed by atoms with Crippen LogP contribution in [0.15, 0.2) is 42.5 Å². The zero-order chi connectivity index (χ0) is 15.3. The van der Waals surface area contributed by atoms with Gasteiger partial charge in [0.2, 0.25) is 11.8 Å². The summed E-state index contributed by atoms with van der Waals surface area (Å²) in [6.07, 6.45) is 5.62. The summed E-state index contributed by atoms with van der Waals surface area (Å²) in [4.78, 5) is 26.8. The van der Waals surface area contributed by atoms with Gasteiger partial charge in [-0.3, -0.25) is 14.5 Å². The molecule has 4 nitrogen and oxygen atoms in total. The van der Waals surface area contributed by atoms with Crippen molar-refractivity contribution in [1.82, 2.24) is 4.90 Å². The van der Waals surface area contributed by atoms with E-state index in [0.717, 1.165) is 12.0 Å². The lowest BCUT2D eigenvalue weighted by molar-refractivity contribution is -0.144. The number of hydrogen-bond acceptors (Lipinski definition) is 3. The Bertz CT molecular complexity index is 609. The minimum Gasteiger partial charge on any atom is -0.394 e. The number of imide groups is 1. The summed E-state index contributed by atoms with van der Waals surface area (Å²) in [6.45, 7) is -0.186. The molecule has 3 aliphatic rings. The third kappa shape index (κ3) is 1.87. The van der Waals surface area contributed by atoms with Gasteiger partial charge in [-0.05, 0) is 30.2 Å². The number of aliphatic hydroxyl groups is 1. The fourth-order valence-corrected chi connectivity index (χ4v) is 4.41. The molecule has 1 N–H and O–H groups in total. The van der Waals surface area contributed by atoms with E-state index in [1.165, 1.54) is 4.90 Å². The Balaban J connectivity index is 1.59. The van der Waals surface area contributed by atoms with Crippen molar-refractivity contribution >= 4 is 11.8 Å². The third-order valence-corrected chi connectivity index (χ3v) is 5.39. The smallest absolute Gasteiger partial charge is 0.234 e. The predicted octanol–water partition coefficient (Wildman–Crippen LogP) is 1.40. The number of hydrogen-bond donors (Lipinski definition) is 1. The molecule has 2 bridgehead atoms. The number of benzene rings is 1. The van der Waals surface area contributed by atoms with Crippen LogP contribution in [-0.4, -0.2) is 34.5 Å². The van der Waals surface area contributed by atoms with E-state index in [2.05, 4.69) is 12.2 Å². The van der Waals surface area contributed by atoms with Gasteiger partial charge in [0.1, 0.15) is 0 Å². The van der Waals surface area contributed by atoms with Crippen molar-refractivity contribution in [3.63, 3.8) is 0 Å². The number of amides is 2. The monoisotopic (exact) mass is 297 g/mol. The molecular formula is C18H19NO3. The second-order valence-corrected chi connectivity index (χ2v) is 6.57. The first-order valence-corrected chi connectivity index (χ1v) is 7.90. The summed E-state index contributed by atoms with van der Waals surface area (Å²) in [5.74, 6) is -0.108. The number of fused-ring (bicyclic) bond motifs is 5. The molecule has 5 unspecified atom stereocenters. The molecule has 1 heterocycles. The lowest BCUT2D eigenvalue weighted by Gasteiger charge is -2.26. The molecule has 1 saturated carbocycles. The molecule has 114 valence electrons. The second-order valence-electron chi connectivity index (χ2n) is 6.57. The van der Waals surface area contributed by atoms with Crippen molar-refractivity contribution in [3.05, 3.63) is 48.0 Å². The SMILES string of the molecule is O=C1C2C3C=CC(C3)C2C(=O)N1C(CO)Cc1ccccc1. The van der Waals surface area contributed by atoms with Gasteiger partial charge < -0.3 is 5.11 Å². The first-order chi connectivity index (χ1) is 10.7.